The average Bonchev–Trinajstić information content (AvgIpc) is 2.59. The zero-order chi connectivity index (χ0) is 22.4. The zero-order valence-electron chi connectivity index (χ0n) is 15.5. The fourth-order valence-corrected chi connectivity index (χ4v) is 2.06. The van der Waals surface area contributed by atoms with E-state index in [0.29, 0.717) is 0 Å². The van der Waals surface area contributed by atoms with E-state index in [1.165, 1.54) is 32.1 Å². The maximum Gasteiger partial charge on any atom is 0.429 e. The molecule has 0 saturated heterocycles. The summed E-state index contributed by atoms with van der Waals surface area (Å²) < 4.78 is 47.0. The smallest absolute Gasteiger partial charge is 0.429 e. The Morgan fingerprint density at radius 1 is 1.28 bits per heavy atom. The van der Waals surface area contributed by atoms with Crippen molar-refractivity contribution in [3.63, 3.8) is 0 Å². The molecule has 1 aromatic rings. The lowest BCUT2D eigenvalue weighted by atomic mass is 10.1. The molecule has 0 atom stereocenters. The summed E-state index contributed by atoms with van der Waals surface area (Å²) in [5, 5.41) is 8.89. The van der Waals surface area contributed by atoms with E-state index in [1.807, 2.05) is 0 Å². The molecule has 11 heteroatoms. The number of hydrogen-bond acceptors (Lipinski definition) is 6. The van der Waals surface area contributed by atoms with Crippen LogP contribution in [0.15, 0.2) is 30.9 Å². The van der Waals surface area contributed by atoms with Crippen LogP contribution in [-0.2, 0) is 19.1 Å². The van der Waals surface area contributed by atoms with Gasteiger partial charge >= 0.3 is 18.1 Å². The van der Waals surface area contributed by atoms with Crippen LogP contribution >= 0.6 is 11.6 Å². The van der Waals surface area contributed by atoms with Gasteiger partial charge in [0.25, 0.3) is 0 Å². The highest BCUT2D eigenvalue weighted by molar-refractivity contribution is 6.33. The molecular weight excluding hydrogens is 417 g/mol. The highest BCUT2D eigenvalue weighted by atomic mass is 35.5. The number of hydrogen-bond donors (Lipinski definition) is 2. The first-order valence-electron chi connectivity index (χ1n) is 8.03. The molecule has 1 aromatic carbocycles. The van der Waals surface area contributed by atoms with E-state index in [4.69, 9.17) is 26.5 Å². The van der Waals surface area contributed by atoms with Gasteiger partial charge in [-0.1, -0.05) is 24.3 Å². The highest BCUT2D eigenvalue weighted by Crippen LogP contribution is 2.25. The van der Waals surface area contributed by atoms with Crippen molar-refractivity contribution in [3.8, 4) is 0 Å². The van der Waals surface area contributed by atoms with Gasteiger partial charge in [-0.3, -0.25) is 4.79 Å². The molecule has 2 N–H and O–H groups in total. The number of anilines is 1. The minimum Gasteiger partial charge on any atom is -0.459 e. The third kappa shape index (κ3) is 7.22. The molecule has 0 aliphatic heterocycles. The van der Waals surface area contributed by atoms with Crippen molar-refractivity contribution in [1.29, 1.82) is 5.41 Å². The first-order chi connectivity index (χ1) is 13.3. The van der Waals surface area contributed by atoms with Crippen LogP contribution in [0.3, 0.4) is 0 Å². The lowest BCUT2D eigenvalue weighted by Crippen LogP contribution is -2.39. The molecule has 0 aliphatic rings. The van der Waals surface area contributed by atoms with Gasteiger partial charge in [-0.05, 0) is 32.0 Å². The quantitative estimate of drug-likeness (QED) is 0.366. The first kappa shape index (κ1) is 24.2. The van der Waals surface area contributed by atoms with E-state index in [1.54, 1.807) is 0 Å². The van der Waals surface area contributed by atoms with Crippen molar-refractivity contribution >= 4 is 40.8 Å². The molecule has 0 saturated carbocycles. The number of nitrogens with one attached hydrogen (secondary N) is 2. The summed E-state index contributed by atoms with van der Waals surface area (Å²) in [6.45, 7) is 5.88. The molecular formula is C18H18ClF3N2O5. The van der Waals surface area contributed by atoms with Gasteiger partial charge in [0.1, 0.15) is 12.3 Å². The topological polar surface area (TPSA) is 106 Å². The second-order valence-corrected chi connectivity index (χ2v) is 6.59. The Balaban J connectivity index is 2.92. The third-order valence-corrected chi connectivity index (χ3v) is 3.65. The number of benzene rings is 1. The summed E-state index contributed by atoms with van der Waals surface area (Å²) in [5.74, 6) is -2.96. The van der Waals surface area contributed by atoms with Crippen molar-refractivity contribution in [1.82, 2.24) is 0 Å². The molecule has 0 spiro atoms. The number of carbonyl (C=O) groups is 3. The number of alkyl halides is 3. The van der Waals surface area contributed by atoms with E-state index < -0.39 is 41.8 Å². The van der Waals surface area contributed by atoms with Crippen molar-refractivity contribution in [2.45, 2.75) is 32.0 Å². The Morgan fingerprint density at radius 3 is 2.45 bits per heavy atom. The van der Waals surface area contributed by atoms with Crippen LogP contribution < -0.4 is 5.32 Å². The van der Waals surface area contributed by atoms with Crippen LogP contribution in [0.5, 0.6) is 0 Å². The first-order valence-corrected chi connectivity index (χ1v) is 8.41. The van der Waals surface area contributed by atoms with Crippen molar-refractivity contribution in [2.24, 2.45) is 0 Å². The molecule has 158 valence electrons. The number of esters is 2. The Kier molecular flexibility index (Phi) is 7.96. The van der Waals surface area contributed by atoms with Gasteiger partial charge in [0.2, 0.25) is 11.5 Å². The molecule has 1 amide bonds. The second kappa shape index (κ2) is 9.55. The highest BCUT2D eigenvalue weighted by Gasteiger charge is 2.36. The lowest BCUT2D eigenvalue weighted by Gasteiger charge is -2.23. The molecule has 7 nitrogen and oxygen atoms in total. The van der Waals surface area contributed by atoms with Crippen LogP contribution in [0.1, 0.15) is 30.6 Å². The van der Waals surface area contributed by atoms with E-state index >= 15 is 0 Å². The molecule has 29 heavy (non-hydrogen) atoms. The fourth-order valence-electron chi connectivity index (χ4n) is 1.86. The van der Waals surface area contributed by atoms with Gasteiger partial charge in [0.05, 0.1) is 17.0 Å². The number of halogens is 4. The van der Waals surface area contributed by atoms with E-state index in [-0.39, 0.29) is 22.9 Å². The van der Waals surface area contributed by atoms with Crippen LogP contribution in [-0.4, -0.2) is 41.9 Å². The van der Waals surface area contributed by atoms with Gasteiger partial charge in [-0.2, -0.15) is 13.2 Å². The van der Waals surface area contributed by atoms with Gasteiger partial charge in [0.15, 0.2) is 0 Å². The summed E-state index contributed by atoms with van der Waals surface area (Å²) in [6, 6.07) is 3.54. The largest absolute Gasteiger partial charge is 0.459 e. The third-order valence-electron chi connectivity index (χ3n) is 3.32. The van der Waals surface area contributed by atoms with Crippen molar-refractivity contribution < 1.29 is 37.0 Å². The molecule has 0 aliphatic carbocycles. The molecule has 0 unspecified atom stereocenters. The van der Waals surface area contributed by atoms with Crippen LogP contribution in [0.25, 0.3) is 0 Å². The summed E-state index contributed by atoms with van der Waals surface area (Å²) >= 11 is 5.94. The van der Waals surface area contributed by atoms with Gasteiger partial charge in [0, 0.05) is 5.69 Å². The Morgan fingerprint density at radius 2 is 1.90 bits per heavy atom. The minimum absolute atomic E-state index is 0.0478. The van der Waals surface area contributed by atoms with Gasteiger partial charge in [-0.15, -0.1) is 0 Å². The summed E-state index contributed by atoms with van der Waals surface area (Å²) in [5.41, 5.74) is -3.67. The standard InChI is InChI=1S/C18H18ClF3N2O5/c1-4-7-28-16(27)17(2,3)29-15(26)11-8-10(5-6-12(11)19)24-14(25)9-13(23)18(20,21)22/h4-6,8,23H,1,7,9H2,2-3H3,(H,24,25). The SMILES string of the molecule is C=CCOC(=O)C(C)(C)OC(=O)c1cc(NC(=O)CC(=N)C(F)(F)F)ccc1Cl. The normalized spacial score (nSPS) is 11.4. The lowest BCUT2D eigenvalue weighted by molar-refractivity contribution is -0.161. The number of rotatable bonds is 8. The summed E-state index contributed by atoms with van der Waals surface area (Å²) in [4.78, 5) is 36.0. The molecule has 1 rings (SSSR count). The zero-order valence-corrected chi connectivity index (χ0v) is 16.2. The van der Waals surface area contributed by atoms with Gasteiger partial charge < -0.3 is 20.2 Å². The fraction of sp³-hybridized carbons (Fsp3) is 0.333. The average molecular weight is 435 g/mol. The number of ether oxygens (including phenoxy) is 2. The monoisotopic (exact) mass is 434 g/mol. The second-order valence-electron chi connectivity index (χ2n) is 6.18. The molecule has 0 heterocycles. The predicted molar refractivity (Wildman–Crippen MR) is 99.1 cm³/mol. The van der Waals surface area contributed by atoms with Crippen LogP contribution in [0.2, 0.25) is 5.02 Å². The molecule has 0 radical (unpaired) electrons. The predicted octanol–water partition coefficient (Wildman–Crippen LogP) is 3.92. The minimum atomic E-state index is -4.92. The Bertz CT molecular complexity index is 837. The van der Waals surface area contributed by atoms with E-state index in [9.17, 15) is 27.6 Å². The number of carbonyl (C=O) groups excluding carboxylic acids is 3. The maximum atomic E-state index is 12.4. The van der Waals surface area contributed by atoms with E-state index in [0.717, 1.165) is 6.07 Å². The van der Waals surface area contributed by atoms with Crippen molar-refractivity contribution in [2.75, 3.05) is 11.9 Å². The molecule has 0 bridgehead atoms. The molecule has 0 aromatic heterocycles. The van der Waals surface area contributed by atoms with Gasteiger partial charge in [-0.25, -0.2) is 9.59 Å². The van der Waals surface area contributed by atoms with E-state index in [2.05, 4.69) is 11.9 Å². The molecule has 0 fully saturated rings. The van der Waals surface area contributed by atoms with Crippen LogP contribution in [0.4, 0.5) is 18.9 Å². The summed E-state index contributed by atoms with van der Waals surface area (Å²) in [6.07, 6.45) is -4.79. The maximum absolute atomic E-state index is 12.4. The number of amides is 1. The Labute approximate surface area is 169 Å². The summed E-state index contributed by atoms with van der Waals surface area (Å²) in [7, 11) is 0. The van der Waals surface area contributed by atoms with Crippen LogP contribution in [0, 0.1) is 5.41 Å². The van der Waals surface area contributed by atoms with Crippen molar-refractivity contribution in [3.05, 3.63) is 41.4 Å². The Hall–Kier alpha value is -2.88.